The van der Waals surface area contributed by atoms with Crippen molar-refractivity contribution in [2.75, 3.05) is 31.6 Å². The number of amides is 1. The summed E-state index contributed by atoms with van der Waals surface area (Å²) in [6.07, 6.45) is 0. The normalized spacial score (nSPS) is 18.1. The number of rotatable bonds is 3. The highest BCUT2D eigenvalue weighted by atomic mass is 35.5. The summed E-state index contributed by atoms with van der Waals surface area (Å²) < 4.78 is 18.8. The highest BCUT2D eigenvalue weighted by molar-refractivity contribution is 6.30. The Morgan fingerprint density at radius 2 is 2.16 bits per heavy atom. The van der Waals surface area contributed by atoms with Gasteiger partial charge in [0.15, 0.2) is 0 Å². The van der Waals surface area contributed by atoms with Crippen LogP contribution in [0.15, 0.2) is 18.2 Å². The van der Waals surface area contributed by atoms with Gasteiger partial charge in [0.2, 0.25) is 5.91 Å². The summed E-state index contributed by atoms with van der Waals surface area (Å²) >= 11 is 5.78. The second kappa shape index (κ2) is 6.32. The van der Waals surface area contributed by atoms with Gasteiger partial charge in [-0.1, -0.05) is 11.6 Å². The van der Waals surface area contributed by atoms with Crippen molar-refractivity contribution in [2.24, 2.45) is 0 Å². The quantitative estimate of drug-likeness (QED) is 0.926. The van der Waals surface area contributed by atoms with Crippen LogP contribution in [-0.4, -0.2) is 43.2 Å². The van der Waals surface area contributed by atoms with E-state index in [9.17, 15) is 9.18 Å². The van der Waals surface area contributed by atoms with E-state index >= 15 is 0 Å². The van der Waals surface area contributed by atoms with Crippen LogP contribution in [0.2, 0.25) is 5.02 Å². The molecule has 0 aliphatic carbocycles. The second-order valence-corrected chi connectivity index (χ2v) is 4.87. The van der Waals surface area contributed by atoms with Crippen LogP contribution >= 0.6 is 11.6 Å². The third-order valence-electron chi connectivity index (χ3n) is 3.16. The first-order chi connectivity index (χ1) is 9.08. The van der Waals surface area contributed by atoms with Crippen LogP contribution in [0.5, 0.6) is 0 Å². The summed E-state index contributed by atoms with van der Waals surface area (Å²) in [5, 5.41) is 2.95. The Labute approximate surface area is 116 Å². The van der Waals surface area contributed by atoms with Crippen LogP contribution in [0, 0.1) is 5.82 Å². The smallest absolute Gasteiger partial charge is 0.241 e. The van der Waals surface area contributed by atoms with Crippen LogP contribution in [0.25, 0.3) is 0 Å². The lowest BCUT2D eigenvalue weighted by Crippen LogP contribution is -2.47. The molecule has 4 nitrogen and oxygen atoms in total. The number of halogens is 2. The molecule has 1 aromatic carbocycles. The molecule has 1 atom stereocenters. The maximum atomic E-state index is 13.5. The van der Waals surface area contributed by atoms with Gasteiger partial charge in [0.05, 0.1) is 24.9 Å². The van der Waals surface area contributed by atoms with E-state index in [0.29, 0.717) is 31.3 Å². The summed E-state index contributed by atoms with van der Waals surface area (Å²) in [7, 11) is 0. The highest BCUT2D eigenvalue weighted by Gasteiger charge is 2.23. The third-order valence-corrected chi connectivity index (χ3v) is 3.39. The van der Waals surface area contributed by atoms with E-state index in [4.69, 9.17) is 16.3 Å². The monoisotopic (exact) mass is 286 g/mol. The fourth-order valence-corrected chi connectivity index (χ4v) is 2.13. The predicted molar refractivity (Wildman–Crippen MR) is 71.9 cm³/mol. The largest absolute Gasteiger partial charge is 0.379 e. The van der Waals surface area contributed by atoms with Crippen LogP contribution in [-0.2, 0) is 9.53 Å². The maximum Gasteiger partial charge on any atom is 0.241 e. The molecule has 1 aliphatic heterocycles. The Morgan fingerprint density at radius 1 is 1.47 bits per heavy atom. The van der Waals surface area contributed by atoms with Crippen LogP contribution < -0.4 is 5.32 Å². The molecule has 2 rings (SSSR count). The lowest BCUT2D eigenvalue weighted by Gasteiger charge is -2.31. The third kappa shape index (κ3) is 3.65. The molecule has 104 valence electrons. The topological polar surface area (TPSA) is 41.6 Å². The van der Waals surface area contributed by atoms with Crippen LogP contribution in [0.3, 0.4) is 0 Å². The van der Waals surface area contributed by atoms with Crippen LogP contribution in [0.1, 0.15) is 6.92 Å². The van der Waals surface area contributed by atoms with Gasteiger partial charge in [0, 0.05) is 18.1 Å². The number of morpholine rings is 1. The van der Waals surface area contributed by atoms with E-state index in [2.05, 4.69) is 5.32 Å². The van der Waals surface area contributed by atoms with Crippen molar-refractivity contribution in [1.29, 1.82) is 0 Å². The minimum Gasteiger partial charge on any atom is -0.379 e. The molecule has 0 radical (unpaired) electrons. The van der Waals surface area contributed by atoms with E-state index in [0.717, 1.165) is 0 Å². The first-order valence-electron chi connectivity index (χ1n) is 6.15. The first kappa shape index (κ1) is 14.2. The fraction of sp³-hybridized carbons (Fsp3) is 0.462. The van der Waals surface area contributed by atoms with Gasteiger partial charge < -0.3 is 10.1 Å². The van der Waals surface area contributed by atoms with Crippen molar-refractivity contribution in [2.45, 2.75) is 13.0 Å². The number of carbonyl (C=O) groups is 1. The predicted octanol–water partition coefficient (Wildman–Crippen LogP) is 2.14. The van der Waals surface area contributed by atoms with Gasteiger partial charge in [-0.3, -0.25) is 9.69 Å². The Morgan fingerprint density at radius 3 is 2.84 bits per heavy atom. The van der Waals surface area contributed by atoms with E-state index in [1.54, 1.807) is 6.92 Å². The molecule has 1 N–H and O–H groups in total. The number of nitrogens with zero attached hydrogens (tertiary/aromatic N) is 1. The molecule has 1 heterocycles. The van der Waals surface area contributed by atoms with Crippen LogP contribution in [0.4, 0.5) is 10.1 Å². The van der Waals surface area contributed by atoms with Gasteiger partial charge in [0.1, 0.15) is 5.82 Å². The molecule has 6 heteroatoms. The molecule has 0 aromatic heterocycles. The SMILES string of the molecule is CC(C(=O)Nc1cc(Cl)ccc1F)N1CCOCC1. The zero-order chi connectivity index (χ0) is 13.8. The standard InChI is InChI=1S/C13H16ClFN2O2/c1-9(17-4-6-19-7-5-17)13(18)16-12-8-10(14)2-3-11(12)15/h2-3,8-9H,4-7H2,1H3,(H,16,18). The number of nitrogens with one attached hydrogen (secondary N) is 1. The summed E-state index contributed by atoms with van der Waals surface area (Å²) in [6.45, 7) is 4.43. The molecular formula is C13H16ClFN2O2. The second-order valence-electron chi connectivity index (χ2n) is 4.44. The van der Waals surface area contributed by atoms with Crippen molar-refractivity contribution in [3.8, 4) is 0 Å². The van der Waals surface area contributed by atoms with Crippen molar-refractivity contribution >= 4 is 23.2 Å². The van der Waals surface area contributed by atoms with Gasteiger partial charge in [-0.15, -0.1) is 0 Å². The van der Waals surface area contributed by atoms with Gasteiger partial charge in [-0.05, 0) is 25.1 Å². The van der Waals surface area contributed by atoms with Gasteiger partial charge in [-0.25, -0.2) is 4.39 Å². The summed E-state index contributed by atoms with van der Waals surface area (Å²) in [5.74, 6) is -0.741. The maximum absolute atomic E-state index is 13.5. The summed E-state index contributed by atoms with van der Waals surface area (Å²) in [6, 6.07) is 3.75. The fourth-order valence-electron chi connectivity index (χ4n) is 1.96. The van der Waals surface area contributed by atoms with Crippen molar-refractivity contribution in [3.63, 3.8) is 0 Å². The summed E-state index contributed by atoms with van der Waals surface area (Å²) in [4.78, 5) is 14.1. The molecule has 1 unspecified atom stereocenters. The lowest BCUT2D eigenvalue weighted by atomic mass is 10.2. The van der Waals surface area contributed by atoms with E-state index < -0.39 is 5.82 Å². The van der Waals surface area contributed by atoms with Crippen molar-refractivity contribution < 1.29 is 13.9 Å². The first-order valence-corrected chi connectivity index (χ1v) is 6.53. The zero-order valence-electron chi connectivity index (χ0n) is 10.7. The minimum absolute atomic E-state index is 0.109. The Hall–Kier alpha value is -1.17. The van der Waals surface area contributed by atoms with E-state index in [1.807, 2.05) is 4.90 Å². The van der Waals surface area contributed by atoms with Crippen molar-refractivity contribution in [3.05, 3.63) is 29.0 Å². The molecule has 1 aliphatic rings. The average molecular weight is 287 g/mol. The van der Waals surface area contributed by atoms with Gasteiger partial charge >= 0.3 is 0 Å². The zero-order valence-corrected chi connectivity index (χ0v) is 11.4. The molecule has 1 fully saturated rings. The average Bonchev–Trinajstić information content (AvgIpc) is 2.43. The lowest BCUT2D eigenvalue weighted by molar-refractivity contribution is -0.122. The molecular weight excluding hydrogens is 271 g/mol. The number of carbonyl (C=O) groups excluding carboxylic acids is 1. The van der Waals surface area contributed by atoms with Crippen molar-refractivity contribution in [1.82, 2.24) is 4.90 Å². The number of anilines is 1. The molecule has 1 amide bonds. The number of benzene rings is 1. The van der Waals surface area contributed by atoms with Gasteiger partial charge in [-0.2, -0.15) is 0 Å². The molecule has 0 bridgehead atoms. The molecule has 1 aromatic rings. The number of hydrogen-bond donors (Lipinski definition) is 1. The van der Waals surface area contributed by atoms with E-state index in [-0.39, 0.29) is 17.6 Å². The molecule has 0 saturated carbocycles. The Bertz CT molecular complexity index is 464. The Kier molecular flexibility index (Phi) is 4.74. The molecule has 19 heavy (non-hydrogen) atoms. The van der Waals surface area contributed by atoms with Gasteiger partial charge in [0.25, 0.3) is 0 Å². The molecule has 1 saturated heterocycles. The molecule has 0 spiro atoms. The highest BCUT2D eigenvalue weighted by Crippen LogP contribution is 2.20. The summed E-state index contributed by atoms with van der Waals surface area (Å²) in [5.41, 5.74) is 0.109. The minimum atomic E-state index is -0.494. The number of hydrogen-bond acceptors (Lipinski definition) is 3. The van der Waals surface area contributed by atoms with E-state index in [1.165, 1.54) is 18.2 Å². The number of ether oxygens (including phenoxy) is 1. The Balaban J connectivity index is 2.01.